The number of rotatable bonds is 4. The molecule has 0 fully saturated rings. The molecule has 0 radical (unpaired) electrons. The second-order valence-corrected chi connectivity index (χ2v) is 7.27. The van der Waals surface area contributed by atoms with Gasteiger partial charge >= 0.3 is 0 Å². The molecule has 29 heavy (non-hydrogen) atoms. The van der Waals surface area contributed by atoms with Crippen LogP contribution in [0.15, 0.2) is 76.7 Å². The van der Waals surface area contributed by atoms with Crippen molar-refractivity contribution in [2.45, 2.75) is 6.92 Å². The van der Waals surface area contributed by atoms with E-state index < -0.39 is 0 Å². The molecule has 0 saturated carbocycles. The van der Waals surface area contributed by atoms with Gasteiger partial charge in [-0.3, -0.25) is 4.63 Å². The highest BCUT2D eigenvalue weighted by Gasteiger charge is 2.22. The van der Waals surface area contributed by atoms with Crippen molar-refractivity contribution in [3.8, 4) is 39.0 Å². The molecule has 5 rings (SSSR count). The summed E-state index contributed by atoms with van der Waals surface area (Å²) >= 11 is 1.43. The van der Waals surface area contributed by atoms with Crippen molar-refractivity contribution in [2.75, 3.05) is 0 Å². The van der Waals surface area contributed by atoms with Crippen molar-refractivity contribution in [3.63, 3.8) is 0 Å². The van der Waals surface area contributed by atoms with Crippen LogP contribution in [-0.4, -0.2) is 19.9 Å². The van der Waals surface area contributed by atoms with Crippen LogP contribution >= 0.6 is 11.3 Å². The summed E-state index contributed by atoms with van der Waals surface area (Å²) in [5.74, 6) is 0. The Bertz CT molecular complexity index is 1280. The highest BCUT2D eigenvalue weighted by Crippen LogP contribution is 2.31. The molecule has 0 N–H and O–H groups in total. The summed E-state index contributed by atoms with van der Waals surface area (Å²) in [5.41, 5.74) is 5.23. The molecule has 0 aliphatic rings. The molecular formula is C21H15N5O2S. The van der Waals surface area contributed by atoms with Gasteiger partial charge in [-0.1, -0.05) is 60.7 Å². The third-order valence-electron chi connectivity index (χ3n) is 4.59. The molecule has 5 aromatic rings. The van der Waals surface area contributed by atoms with Crippen molar-refractivity contribution in [2.24, 2.45) is 0 Å². The molecule has 0 unspecified atom stereocenters. The van der Waals surface area contributed by atoms with Gasteiger partial charge in [0.15, 0.2) is 0 Å². The maximum Gasteiger partial charge on any atom is 0.270 e. The molecule has 0 spiro atoms. The number of aromatic nitrogens is 5. The Hall–Kier alpha value is -3.78. The Morgan fingerprint density at radius 2 is 1.66 bits per heavy atom. The summed E-state index contributed by atoms with van der Waals surface area (Å²) < 4.78 is 6.50. The minimum absolute atomic E-state index is 0.371. The number of hydrogen-bond donors (Lipinski definition) is 0. The van der Waals surface area contributed by atoms with Crippen molar-refractivity contribution >= 4 is 11.3 Å². The van der Waals surface area contributed by atoms with E-state index in [-0.39, 0.29) is 0 Å². The lowest BCUT2D eigenvalue weighted by Crippen LogP contribution is -2.25. The van der Waals surface area contributed by atoms with Crippen LogP contribution in [0.1, 0.15) is 5.69 Å². The molecule has 0 amide bonds. The van der Waals surface area contributed by atoms with Gasteiger partial charge in [-0.25, -0.2) is 9.67 Å². The predicted octanol–water partition coefficient (Wildman–Crippen LogP) is 4.26. The quantitative estimate of drug-likeness (QED) is 0.420. The van der Waals surface area contributed by atoms with Gasteiger partial charge in [0, 0.05) is 28.6 Å². The highest BCUT2D eigenvalue weighted by molar-refractivity contribution is 7.12. The van der Waals surface area contributed by atoms with Gasteiger partial charge in [0.25, 0.3) is 5.69 Å². The Balaban J connectivity index is 1.64. The summed E-state index contributed by atoms with van der Waals surface area (Å²) in [6.45, 7) is 1.65. The maximum absolute atomic E-state index is 11.5. The van der Waals surface area contributed by atoms with Crippen LogP contribution < -0.4 is 4.90 Å². The fourth-order valence-corrected chi connectivity index (χ4v) is 3.86. The zero-order valence-electron chi connectivity index (χ0n) is 15.4. The topological polar surface area (TPSA) is 83.7 Å². The number of nitrogens with zero attached hydrogens (tertiary/aromatic N) is 5. The molecule has 0 atom stereocenters. The van der Waals surface area contributed by atoms with Gasteiger partial charge in [-0.15, -0.1) is 11.3 Å². The average Bonchev–Trinajstić information content (AvgIpc) is 3.49. The lowest BCUT2D eigenvalue weighted by Gasteiger charge is -2.03. The molecule has 0 bridgehead atoms. The van der Waals surface area contributed by atoms with E-state index in [0.29, 0.717) is 27.1 Å². The van der Waals surface area contributed by atoms with Crippen LogP contribution in [0.4, 0.5) is 0 Å². The highest BCUT2D eigenvalue weighted by atomic mass is 32.1. The van der Waals surface area contributed by atoms with Crippen molar-refractivity contribution < 1.29 is 9.53 Å². The first-order valence-electron chi connectivity index (χ1n) is 8.94. The van der Waals surface area contributed by atoms with E-state index >= 15 is 0 Å². The predicted molar refractivity (Wildman–Crippen MR) is 109 cm³/mol. The summed E-state index contributed by atoms with van der Waals surface area (Å²) in [5, 5.41) is 22.7. The van der Waals surface area contributed by atoms with Gasteiger partial charge in [0.05, 0.1) is 11.4 Å². The fraction of sp³-hybridized carbons (Fsp3) is 0.0476. The molecule has 142 valence electrons. The zero-order chi connectivity index (χ0) is 19.8. The third-order valence-corrected chi connectivity index (χ3v) is 5.40. The fourth-order valence-electron chi connectivity index (χ4n) is 3.09. The summed E-state index contributed by atoms with van der Waals surface area (Å²) in [4.78, 5) is 5.04. The molecule has 0 aliphatic carbocycles. The Morgan fingerprint density at radius 3 is 2.31 bits per heavy atom. The maximum atomic E-state index is 11.5. The Morgan fingerprint density at radius 1 is 0.966 bits per heavy atom. The monoisotopic (exact) mass is 401 g/mol. The van der Waals surface area contributed by atoms with Gasteiger partial charge in [-0.05, 0) is 11.0 Å². The number of benzene rings is 2. The van der Waals surface area contributed by atoms with Gasteiger partial charge in [-0.2, -0.15) is 5.10 Å². The Kier molecular flexibility index (Phi) is 4.18. The number of thiazole rings is 1. The normalized spacial score (nSPS) is 11.1. The molecule has 2 aromatic carbocycles. The van der Waals surface area contributed by atoms with E-state index in [0.717, 1.165) is 22.5 Å². The standard InChI is InChI=1S/C21H15N5O2S/c1-14-20(24-28-26(14)27)18-13-29-21(22-18)25-19(16-10-6-3-7-11-16)12-17(23-25)15-8-4-2-5-9-15/h2-13H,1H3. The van der Waals surface area contributed by atoms with Crippen molar-refractivity contribution in [1.82, 2.24) is 19.9 Å². The van der Waals surface area contributed by atoms with Gasteiger partial charge in [0.1, 0.15) is 5.69 Å². The van der Waals surface area contributed by atoms with Crippen LogP contribution in [-0.2, 0) is 0 Å². The molecular weight excluding hydrogens is 386 g/mol. The largest absolute Gasteiger partial charge is 0.359 e. The molecule has 8 heteroatoms. The van der Waals surface area contributed by atoms with E-state index in [9.17, 15) is 5.21 Å². The third kappa shape index (κ3) is 3.09. The molecule has 0 saturated heterocycles. The van der Waals surface area contributed by atoms with E-state index in [4.69, 9.17) is 5.10 Å². The van der Waals surface area contributed by atoms with Crippen LogP contribution in [0, 0.1) is 12.1 Å². The summed E-state index contributed by atoms with van der Waals surface area (Å²) in [7, 11) is 0. The van der Waals surface area contributed by atoms with Crippen LogP contribution in [0.3, 0.4) is 0 Å². The summed E-state index contributed by atoms with van der Waals surface area (Å²) in [6, 6.07) is 22.1. The van der Waals surface area contributed by atoms with E-state index in [1.165, 1.54) is 11.3 Å². The SMILES string of the molecule is Cc1c(-c2csc(-n3nc(-c4ccccc4)cc3-c3ccccc3)n2)no[n+]1[O-]. The van der Waals surface area contributed by atoms with E-state index in [1.807, 2.05) is 70.7 Å². The molecule has 0 aliphatic heterocycles. The minimum Gasteiger partial charge on any atom is -0.359 e. The number of hydrogen-bond acceptors (Lipinski definition) is 6. The molecule has 3 heterocycles. The second kappa shape index (κ2) is 6.99. The van der Waals surface area contributed by atoms with Crippen LogP contribution in [0.5, 0.6) is 0 Å². The van der Waals surface area contributed by atoms with Gasteiger partial charge in [0.2, 0.25) is 10.8 Å². The zero-order valence-corrected chi connectivity index (χ0v) is 16.2. The molecule has 3 aromatic heterocycles. The average molecular weight is 401 g/mol. The minimum atomic E-state index is 0.371. The van der Waals surface area contributed by atoms with Crippen molar-refractivity contribution in [1.29, 1.82) is 0 Å². The van der Waals surface area contributed by atoms with Crippen LogP contribution in [0.25, 0.3) is 39.0 Å². The van der Waals surface area contributed by atoms with Crippen molar-refractivity contribution in [3.05, 3.63) is 83.0 Å². The first-order chi connectivity index (χ1) is 14.2. The first-order valence-corrected chi connectivity index (χ1v) is 9.82. The smallest absolute Gasteiger partial charge is 0.270 e. The van der Waals surface area contributed by atoms with Crippen LogP contribution in [0.2, 0.25) is 0 Å². The van der Waals surface area contributed by atoms with E-state index in [2.05, 4.69) is 20.8 Å². The van der Waals surface area contributed by atoms with E-state index in [1.54, 1.807) is 6.92 Å². The lowest BCUT2D eigenvalue weighted by molar-refractivity contribution is -0.806. The lowest BCUT2D eigenvalue weighted by atomic mass is 10.1. The molecule has 7 nitrogen and oxygen atoms in total. The summed E-state index contributed by atoms with van der Waals surface area (Å²) in [6.07, 6.45) is 0. The second-order valence-electron chi connectivity index (χ2n) is 6.44. The van der Waals surface area contributed by atoms with Gasteiger partial charge < -0.3 is 5.21 Å². The first kappa shape index (κ1) is 17.3. The Labute approximate surface area is 170 Å².